The van der Waals surface area contributed by atoms with Crippen LogP contribution in [0.25, 0.3) is 0 Å². The standard InChI is InChI=1S/C15H30N2O3/c1-15(2,3)20-14(19)16-8-6-13(7-9-16)17(10-11-18)12-4-5-12/h12-14,18-19H,4-11H2,1-3H3. The molecule has 1 aliphatic heterocycles. The van der Waals surface area contributed by atoms with E-state index in [4.69, 9.17) is 4.74 Å². The van der Waals surface area contributed by atoms with E-state index in [1.807, 2.05) is 25.7 Å². The van der Waals surface area contributed by atoms with Crippen LogP contribution in [0.4, 0.5) is 0 Å². The first-order valence-electron chi connectivity index (χ1n) is 7.87. The van der Waals surface area contributed by atoms with Gasteiger partial charge in [0.05, 0.1) is 12.2 Å². The molecule has 1 aliphatic carbocycles. The summed E-state index contributed by atoms with van der Waals surface area (Å²) in [6.45, 7) is 8.62. The van der Waals surface area contributed by atoms with Gasteiger partial charge in [-0.2, -0.15) is 0 Å². The summed E-state index contributed by atoms with van der Waals surface area (Å²) in [5.41, 5.74) is -0.326. The van der Waals surface area contributed by atoms with Crippen molar-refractivity contribution in [3.05, 3.63) is 0 Å². The van der Waals surface area contributed by atoms with Crippen LogP contribution in [-0.4, -0.2) is 70.4 Å². The molecule has 20 heavy (non-hydrogen) atoms. The van der Waals surface area contributed by atoms with Gasteiger partial charge in [-0.15, -0.1) is 0 Å². The lowest BCUT2D eigenvalue weighted by Crippen LogP contribution is -2.51. The Kier molecular flexibility index (Phi) is 5.42. The van der Waals surface area contributed by atoms with Crippen LogP contribution in [0.3, 0.4) is 0 Å². The van der Waals surface area contributed by atoms with Gasteiger partial charge in [0.1, 0.15) is 0 Å². The highest BCUT2D eigenvalue weighted by molar-refractivity contribution is 4.90. The molecular weight excluding hydrogens is 256 g/mol. The molecule has 2 fully saturated rings. The lowest BCUT2D eigenvalue weighted by atomic mass is 10.0. The van der Waals surface area contributed by atoms with Crippen LogP contribution >= 0.6 is 0 Å². The van der Waals surface area contributed by atoms with Crippen molar-refractivity contribution in [1.29, 1.82) is 0 Å². The molecule has 2 aliphatic rings. The maximum Gasteiger partial charge on any atom is 0.216 e. The van der Waals surface area contributed by atoms with Gasteiger partial charge < -0.3 is 14.9 Å². The Hall–Kier alpha value is -0.200. The van der Waals surface area contributed by atoms with Crippen LogP contribution in [0, 0.1) is 0 Å². The molecule has 0 aromatic heterocycles. The third kappa shape index (κ3) is 4.67. The molecule has 2 N–H and O–H groups in total. The Bertz CT molecular complexity index is 294. The molecule has 118 valence electrons. The summed E-state index contributed by atoms with van der Waals surface area (Å²) in [6, 6.07) is 1.24. The van der Waals surface area contributed by atoms with Gasteiger partial charge in [-0.3, -0.25) is 9.80 Å². The summed E-state index contributed by atoms with van der Waals surface area (Å²) in [5, 5.41) is 19.3. The predicted molar refractivity (Wildman–Crippen MR) is 78.3 cm³/mol. The zero-order chi connectivity index (χ0) is 14.8. The zero-order valence-electron chi connectivity index (χ0n) is 13.1. The van der Waals surface area contributed by atoms with E-state index in [-0.39, 0.29) is 12.2 Å². The Morgan fingerprint density at radius 2 is 1.70 bits per heavy atom. The monoisotopic (exact) mass is 286 g/mol. The fraction of sp³-hybridized carbons (Fsp3) is 1.00. The third-order valence-electron chi connectivity index (χ3n) is 4.11. The molecule has 1 saturated carbocycles. The van der Waals surface area contributed by atoms with Gasteiger partial charge >= 0.3 is 0 Å². The second-order valence-electron chi connectivity index (χ2n) is 7.02. The second-order valence-corrected chi connectivity index (χ2v) is 7.02. The number of likely N-dealkylation sites (tertiary alicyclic amines) is 1. The topological polar surface area (TPSA) is 56.2 Å². The minimum Gasteiger partial charge on any atom is -0.395 e. The van der Waals surface area contributed by atoms with Crippen molar-refractivity contribution >= 4 is 0 Å². The molecule has 0 aromatic rings. The van der Waals surface area contributed by atoms with E-state index in [0.717, 1.165) is 32.5 Å². The highest BCUT2D eigenvalue weighted by atomic mass is 16.6. The van der Waals surface area contributed by atoms with E-state index in [9.17, 15) is 10.2 Å². The van der Waals surface area contributed by atoms with Gasteiger partial charge in [0.15, 0.2) is 0 Å². The summed E-state index contributed by atoms with van der Waals surface area (Å²) >= 11 is 0. The van der Waals surface area contributed by atoms with Crippen molar-refractivity contribution in [3.8, 4) is 0 Å². The average molecular weight is 286 g/mol. The Labute approximate surface area is 122 Å². The van der Waals surface area contributed by atoms with Crippen LogP contribution in [0.1, 0.15) is 46.5 Å². The highest BCUT2D eigenvalue weighted by Crippen LogP contribution is 2.31. The van der Waals surface area contributed by atoms with Gasteiger partial charge in [0.25, 0.3) is 0 Å². The summed E-state index contributed by atoms with van der Waals surface area (Å²) in [4.78, 5) is 4.47. The first-order valence-corrected chi connectivity index (χ1v) is 7.87. The molecule has 1 unspecified atom stereocenters. The smallest absolute Gasteiger partial charge is 0.216 e. The number of aliphatic hydroxyl groups is 2. The first kappa shape index (κ1) is 16.2. The number of rotatable bonds is 6. The van der Waals surface area contributed by atoms with Crippen LogP contribution in [0.15, 0.2) is 0 Å². The Morgan fingerprint density at radius 3 is 2.15 bits per heavy atom. The fourth-order valence-electron chi connectivity index (χ4n) is 3.01. The molecule has 1 atom stereocenters. The van der Waals surface area contributed by atoms with E-state index in [1.54, 1.807) is 0 Å². The molecule has 1 heterocycles. The van der Waals surface area contributed by atoms with Crippen LogP contribution < -0.4 is 0 Å². The second kappa shape index (κ2) is 6.71. The summed E-state index contributed by atoms with van der Waals surface area (Å²) in [7, 11) is 0. The number of ether oxygens (including phenoxy) is 1. The Morgan fingerprint density at radius 1 is 1.15 bits per heavy atom. The summed E-state index contributed by atoms with van der Waals surface area (Å²) in [6.07, 6.45) is 3.83. The van der Waals surface area contributed by atoms with Crippen LogP contribution in [-0.2, 0) is 4.74 Å². The highest BCUT2D eigenvalue weighted by Gasteiger charge is 2.36. The average Bonchev–Trinajstić information content (AvgIpc) is 3.18. The van der Waals surface area contributed by atoms with Gasteiger partial charge in [0, 0.05) is 31.7 Å². The molecule has 0 radical (unpaired) electrons. The molecule has 1 saturated heterocycles. The number of nitrogens with zero attached hydrogens (tertiary/aromatic N) is 2. The van der Waals surface area contributed by atoms with Gasteiger partial charge in [-0.05, 0) is 46.5 Å². The molecule has 0 amide bonds. The minimum absolute atomic E-state index is 0.243. The largest absolute Gasteiger partial charge is 0.395 e. The fourth-order valence-corrected chi connectivity index (χ4v) is 3.01. The quantitative estimate of drug-likeness (QED) is 0.714. The first-order chi connectivity index (χ1) is 9.40. The number of hydrogen-bond acceptors (Lipinski definition) is 5. The molecule has 2 rings (SSSR count). The van der Waals surface area contributed by atoms with Crippen molar-refractivity contribution in [1.82, 2.24) is 9.80 Å². The maximum absolute atomic E-state index is 10.1. The van der Waals surface area contributed by atoms with Gasteiger partial charge in [-0.1, -0.05) is 0 Å². The number of piperidine rings is 1. The third-order valence-corrected chi connectivity index (χ3v) is 4.11. The van der Waals surface area contributed by atoms with Crippen molar-refractivity contribution in [2.75, 3.05) is 26.2 Å². The van der Waals surface area contributed by atoms with Crippen LogP contribution in [0.2, 0.25) is 0 Å². The van der Waals surface area contributed by atoms with Crippen molar-refractivity contribution in [2.24, 2.45) is 0 Å². The number of aliphatic hydroxyl groups excluding tert-OH is 2. The number of hydrogen-bond donors (Lipinski definition) is 2. The molecular formula is C15H30N2O3. The van der Waals surface area contributed by atoms with E-state index in [2.05, 4.69) is 4.90 Å². The van der Waals surface area contributed by atoms with E-state index < -0.39 is 6.41 Å². The van der Waals surface area contributed by atoms with Crippen molar-refractivity contribution in [3.63, 3.8) is 0 Å². The van der Waals surface area contributed by atoms with E-state index >= 15 is 0 Å². The molecule has 0 spiro atoms. The zero-order valence-corrected chi connectivity index (χ0v) is 13.1. The predicted octanol–water partition coefficient (Wildman–Crippen LogP) is 0.998. The lowest BCUT2D eigenvalue weighted by Gasteiger charge is -2.41. The minimum atomic E-state index is -0.803. The van der Waals surface area contributed by atoms with Gasteiger partial charge in [0.2, 0.25) is 6.41 Å². The van der Waals surface area contributed by atoms with Crippen molar-refractivity contribution in [2.45, 2.75) is 70.6 Å². The lowest BCUT2D eigenvalue weighted by molar-refractivity contribution is -0.243. The normalized spacial score (nSPS) is 24.3. The molecule has 5 heteroatoms. The van der Waals surface area contributed by atoms with E-state index in [0.29, 0.717) is 12.1 Å². The SMILES string of the molecule is CC(C)(C)OC(O)N1CCC(N(CCO)C2CC2)CC1. The molecule has 0 bridgehead atoms. The van der Waals surface area contributed by atoms with E-state index in [1.165, 1.54) is 12.8 Å². The molecule has 5 nitrogen and oxygen atoms in total. The summed E-state index contributed by atoms with van der Waals surface area (Å²) in [5.74, 6) is 0. The van der Waals surface area contributed by atoms with Crippen LogP contribution in [0.5, 0.6) is 0 Å². The molecule has 0 aromatic carbocycles. The maximum atomic E-state index is 10.1. The van der Waals surface area contributed by atoms with Gasteiger partial charge in [-0.25, -0.2) is 0 Å². The Balaban J connectivity index is 1.79. The summed E-state index contributed by atoms with van der Waals surface area (Å²) < 4.78 is 5.61. The van der Waals surface area contributed by atoms with Crippen molar-refractivity contribution < 1.29 is 14.9 Å².